The van der Waals surface area contributed by atoms with Crippen LogP contribution in [-0.4, -0.2) is 52.4 Å². The van der Waals surface area contributed by atoms with Crippen molar-refractivity contribution < 1.29 is 24.6 Å². The lowest BCUT2D eigenvalue weighted by Gasteiger charge is -2.28. The summed E-state index contributed by atoms with van der Waals surface area (Å²) in [5, 5.41) is 21.8. The average Bonchev–Trinajstić information content (AvgIpc) is 3.11. The van der Waals surface area contributed by atoms with Crippen LogP contribution in [0.25, 0.3) is 0 Å². The third-order valence-electron chi connectivity index (χ3n) is 4.20. The molecule has 3 N–H and O–H groups in total. The van der Waals surface area contributed by atoms with Gasteiger partial charge < -0.3 is 15.5 Å². The molecule has 0 unspecified atom stereocenters. The molecule has 1 heterocycles. The smallest absolute Gasteiger partial charge is 0.328 e. The zero-order chi connectivity index (χ0) is 21.2. The summed E-state index contributed by atoms with van der Waals surface area (Å²) in [6.07, 6.45) is 7.46. The number of aliphatic imine (C=N–C) groups is 1. The molecule has 0 atom stereocenters. The van der Waals surface area contributed by atoms with Crippen LogP contribution in [0.3, 0.4) is 0 Å². The van der Waals surface area contributed by atoms with E-state index in [0.717, 1.165) is 25.9 Å². The molecular weight excluding hydrogens is 421 g/mol. The fraction of sp³-hybridized carbons (Fsp3) is 0.421. The van der Waals surface area contributed by atoms with Crippen molar-refractivity contribution in [2.45, 2.75) is 38.2 Å². The highest BCUT2D eigenvalue weighted by Gasteiger charge is 2.24. The number of guanidine groups is 1. The summed E-state index contributed by atoms with van der Waals surface area (Å²) in [6, 6.07) is 5.43. The van der Waals surface area contributed by atoms with Crippen LogP contribution < -0.4 is 5.32 Å². The van der Waals surface area contributed by atoms with Crippen LogP contribution in [0.4, 0.5) is 5.69 Å². The van der Waals surface area contributed by atoms with Crippen LogP contribution in [0.5, 0.6) is 0 Å². The maximum absolute atomic E-state index is 9.55. The molecule has 0 amide bonds. The molecule has 3 rings (SSSR count). The van der Waals surface area contributed by atoms with Crippen LogP contribution in [0.2, 0.25) is 10.0 Å². The summed E-state index contributed by atoms with van der Waals surface area (Å²) in [5.74, 6) is -1.82. The molecule has 1 saturated carbocycles. The molecule has 10 heteroatoms. The molecule has 1 aliphatic carbocycles. The minimum Gasteiger partial charge on any atom is -0.478 e. The molecule has 8 nitrogen and oxygen atoms in total. The number of carbonyl (C=O) groups is 2. The molecule has 2 aliphatic rings. The minimum atomic E-state index is -1.26. The van der Waals surface area contributed by atoms with Gasteiger partial charge in [-0.15, -0.1) is 0 Å². The second kappa shape index (κ2) is 11.6. The lowest BCUT2D eigenvalue weighted by Crippen LogP contribution is -2.37. The second-order valence-corrected chi connectivity index (χ2v) is 7.22. The maximum Gasteiger partial charge on any atom is 0.328 e. The summed E-state index contributed by atoms with van der Waals surface area (Å²) in [6.45, 7) is 1.48. The quantitative estimate of drug-likeness (QED) is 0.588. The third kappa shape index (κ3) is 7.92. The molecule has 1 aromatic rings. The van der Waals surface area contributed by atoms with Gasteiger partial charge in [0.25, 0.3) is 0 Å². The van der Waals surface area contributed by atoms with Crippen LogP contribution in [-0.2, 0) is 14.4 Å². The first-order valence-corrected chi connectivity index (χ1v) is 9.96. The SMILES string of the molecule is Clc1cccc(Cl)c1NC1=NCCN1OC1CCCCC1.O=C(O)C=CC(=O)O. The van der Waals surface area contributed by atoms with E-state index in [4.69, 9.17) is 38.3 Å². The van der Waals surface area contributed by atoms with E-state index in [1.165, 1.54) is 19.3 Å². The van der Waals surface area contributed by atoms with Crippen molar-refractivity contribution in [3.8, 4) is 0 Å². The minimum absolute atomic E-state index is 0.297. The first-order chi connectivity index (χ1) is 13.9. The third-order valence-corrected chi connectivity index (χ3v) is 4.83. The monoisotopic (exact) mass is 443 g/mol. The van der Waals surface area contributed by atoms with Gasteiger partial charge in [0, 0.05) is 12.2 Å². The Labute approximate surface area is 178 Å². The predicted octanol–water partition coefficient (Wildman–Crippen LogP) is 4.05. The van der Waals surface area contributed by atoms with E-state index in [2.05, 4.69) is 10.3 Å². The van der Waals surface area contributed by atoms with E-state index in [1.807, 2.05) is 11.1 Å². The van der Waals surface area contributed by atoms with Crippen molar-refractivity contribution >= 4 is 46.8 Å². The number of halogens is 2. The zero-order valence-corrected chi connectivity index (χ0v) is 17.2. The van der Waals surface area contributed by atoms with E-state index >= 15 is 0 Å². The normalized spacial score (nSPS) is 16.9. The highest BCUT2D eigenvalue weighted by molar-refractivity contribution is 6.39. The number of carboxylic acids is 2. The van der Waals surface area contributed by atoms with Crippen LogP contribution in [0.15, 0.2) is 35.3 Å². The van der Waals surface area contributed by atoms with E-state index < -0.39 is 11.9 Å². The number of anilines is 1. The molecular formula is C19H23Cl2N3O5. The van der Waals surface area contributed by atoms with Gasteiger partial charge in [-0.05, 0) is 25.0 Å². The van der Waals surface area contributed by atoms with E-state index in [0.29, 0.717) is 39.9 Å². The second-order valence-electron chi connectivity index (χ2n) is 6.40. The van der Waals surface area contributed by atoms with Gasteiger partial charge in [0.1, 0.15) is 0 Å². The van der Waals surface area contributed by atoms with Crippen LogP contribution >= 0.6 is 23.2 Å². The Kier molecular flexibility index (Phi) is 9.24. The van der Waals surface area contributed by atoms with Gasteiger partial charge in [0.15, 0.2) is 0 Å². The van der Waals surface area contributed by atoms with E-state index in [1.54, 1.807) is 12.1 Å². The highest BCUT2D eigenvalue weighted by atomic mass is 35.5. The van der Waals surface area contributed by atoms with Gasteiger partial charge in [0.2, 0.25) is 5.96 Å². The summed E-state index contributed by atoms with van der Waals surface area (Å²) >= 11 is 12.4. The Morgan fingerprint density at radius 2 is 1.69 bits per heavy atom. The number of carboxylic acid groups (broad SMARTS) is 2. The number of nitrogens with one attached hydrogen (secondary N) is 1. The number of para-hydroxylation sites is 1. The van der Waals surface area contributed by atoms with Gasteiger partial charge >= 0.3 is 11.9 Å². The molecule has 1 fully saturated rings. The fourth-order valence-electron chi connectivity index (χ4n) is 2.86. The molecule has 0 saturated heterocycles. The standard InChI is InChI=1S/C15H19Cl2N3O.C4H4O4/c16-12-7-4-8-13(17)14(12)19-15-18-9-10-20(15)21-11-5-2-1-3-6-11;5-3(6)1-2-4(7)8/h4,7-8,11H,1-3,5-6,9-10H2,(H,18,19);1-2H,(H,5,6)(H,7,8). The Bertz CT molecular complexity index is 743. The fourth-order valence-corrected chi connectivity index (χ4v) is 3.35. The Hall–Kier alpha value is -2.29. The Morgan fingerprint density at radius 1 is 1.10 bits per heavy atom. The predicted molar refractivity (Wildman–Crippen MR) is 111 cm³/mol. The van der Waals surface area contributed by atoms with Crippen molar-refractivity contribution in [1.29, 1.82) is 0 Å². The topological polar surface area (TPSA) is 111 Å². The molecule has 1 aromatic carbocycles. The van der Waals surface area contributed by atoms with Gasteiger partial charge in [-0.1, -0.05) is 48.5 Å². The summed E-state index contributed by atoms with van der Waals surface area (Å²) in [4.78, 5) is 29.6. The van der Waals surface area contributed by atoms with Crippen molar-refractivity contribution in [2.75, 3.05) is 18.4 Å². The molecule has 0 spiro atoms. The van der Waals surface area contributed by atoms with Crippen molar-refractivity contribution in [1.82, 2.24) is 5.06 Å². The Balaban J connectivity index is 0.000000321. The lowest BCUT2D eigenvalue weighted by molar-refractivity contribution is -0.149. The average molecular weight is 444 g/mol. The molecule has 0 bridgehead atoms. The Morgan fingerprint density at radius 3 is 2.24 bits per heavy atom. The van der Waals surface area contributed by atoms with Crippen LogP contribution in [0.1, 0.15) is 32.1 Å². The largest absolute Gasteiger partial charge is 0.478 e. The number of hydrogen-bond donors (Lipinski definition) is 3. The number of aliphatic carboxylic acids is 2. The zero-order valence-electron chi connectivity index (χ0n) is 15.7. The van der Waals surface area contributed by atoms with Crippen molar-refractivity contribution in [2.24, 2.45) is 4.99 Å². The molecule has 0 aromatic heterocycles. The molecule has 1 aliphatic heterocycles. The molecule has 158 valence electrons. The number of rotatable bonds is 5. The molecule has 29 heavy (non-hydrogen) atoms. The van der Waals surface area contributed by atoms with Gasteiger partial charge in [-0.3, -0.25) is 4.84 Å². The summed E-state index contributed by atoms with van der Waals surface area (Å²) < 4.78 is 0. The van der Waals surface area contributed by atoms with Crippen molar-refractivity contribution in [3.05, 3.63) is 40.4 Å². The van der Waals surface area contributed by atoms with Crippen molar-refractivity contribution in [3.63, 3.8) is 0 Å². The number of hydrogen-bond acceptors (Lipinski definition) is 6. The molecule has 0 radical (unpaired) electrons. The van der Waals surface area contributed by atoms with Crippen LogP contribution in [0, 0.1) is 0 Å². The van der Waals surface area contributed by atoms with E-state index in [9.17, 15) is 9.59 Å². The maximum atomic E-state index is 9.55. The summed E-state index contributed by atoms with van der Waals surface area (Å²) in [7, 11) is 0. The van der Waals surface area contributed by atoms with Gasteiger partial charge in [-0.25, -0.2) is 19.6 Å². The number of nitrogens with zero attached hydrogens (tertiary/aromatic N) is 2. The van der Waals surface area contributed by atoms with Gasteiger partial charge in [-0.2, -0.15) is 0 Å². The number of hydroxylamine groups is 2. The lowest BCUT2D eigenvalue weighted by atomic mass is 9.98. The van der Waals surface area contributed by atoms with E-state index in [-0.39, 0.29) is 0 Å². The number of benzene rings is 1. The van der Waals surface area contributed by atoms with Gasteiger partial charge in [0.05, 0.1) is 34.9 Å². The highest BCUT2D eigenvalue weighted by Crippen LogP contribution is 2.30. The first-order valence-electron chi connectivity index (χ1n) is 9.20. The first kappa shape index (κ1) is 23.0. The summed E-state index contributed by atoms with van der Waals surface area (Å²) in [5.41, 5.74) is 0.679.